The lowest BCUT2D eigenvalue weighted by atomic mass is 9.83. The molecule has 0 saturated carbocycles. The number of fused-ring (bicyclic) bond motifs is 1. The molecule has 1 saturated heterocycles. The molecule has 2 heterocycles. The zero-order chi connectivity index (χ0) is 19.3. The number of aromatic nitrogens is 1. The molecule has 4 rings (SSSR count). The second-order valence-electron chi connectivity index (χ2n) is 7.50. The number of piperazine rings is 1. The minimum absolute atomic E-state index is 0.0429. The van der Waals surface area contributed by atoms with Crippen molar-refractivity contribution in [3.05, 3.63) is 53.7 Å². The highest BCUT2D eigenvalue weighted by atomic mass is 16.5. The Bertz CT molecular complexity index is 818. The zero-order valence-electron chi connectivity index (χ0n) is 16.4. The Morgan fingerprint density at radius 2 is 2.04 bits per heavy atom. The van der Waals surface area contributed by atoms with Crippen LogP contribution < -0.4 is 15.0 Å². The Balaban J connectivity index is 1.29. The van der Waals surface area contributed by atoms with E-state index in [0.717, 1.165) is 37.5 Å². The van der Waals surface area contributed by atoms with Gasteiger partial charge in [-0.15, -0.1) is 0 Å². The molecular weight excluding hydrogens is 352 g/mol. The minimum atomic E-state index is 0.0429. The van der Waals surface area contributed by atoms with Crippen LogP contribution in [0.1, 0.15) is 29.9 Å². The van der Waals surface area contributed by atoms with Gasteiger partial charge in [0.25, 0.3) is 0 Å². The van der Waals surface area contributed by atoms with Crippen LogP contribution in [0.25, 0.3) is 0 Å². The number of carbonyl (C=O) groups is 1. The average Bonchev–Trinajstić information content (AvgIpc) is 2.77. The summed E-state index contributed by atoms with van der Waals surface area (Å²) in [6.45, 7) is 3.67. The third-order valence-corrected chi connectivity index (χ3v) is 5.84. The Morgan fingerprint density at radius 3 is 2.86 bits per heavy atom. The first-order valence-electron chi connectivity index (χ1n) is 10.1. The van der Waals surface area contributed by atoms with Crippen LogP contribution in [-0.2, 0) is 6.42 Å². The van der Waals surface area contributed by atoms with Gasteiger partial charge in [0.15, 0.2) is 0 Å². The molecule has 1 aromatic carbocycles. The maximum atomic E-state index is 12.7. The zero-order valence-corrected chi connectivity index (χ0v) is 16.4. The number of benzene rings is 1. The molecule has 1 atom stereocenters. The van der Waals surface area contributed by atoms with Gasteiger partial charge in [0.2, 0.25) is 0 Å². The highest BCUT2D eigenvalue weighted by Gasteiger charge is 2.24. The van der Waals surface area contributed by atoms with E-state index in [0.29, 0.717) is 25.6 Å². The molecule has 28 heavy (non-hydrogen) atoms. The van der Waals surface area contributed by atoms with E-state index in [4.69, 9.17) is 4.74 Å². The average molecular weight is 380 g/mol. The number of urea groups is 1. The quantitative estimate of drug-likeness (QED) is 0.886. The van der Waals surface area contributed by atoms with Gasteiger partial charge >= 0.3 is 6.03 Å². The number of anilines is 1. The lowest BCUT2D eigenvalue weighted by molar-refractivity contribution is 0.193. The largest absolute Gasteiger partial charge is 0.497 e. The SMILES string of the molecule is COc1ccnc(N2CCN(C(=O)NC[C@H]3CCCc4ccccc43)CC2)c1. The van der Waals surface area contributed by atoms with E-state index in [1.54, 1.807) is 13.3 Å². The number of carbonyl (C=O) groups excluding carboxylic acids is 1. The van der Waals surface area contributed by atoms with Crippen LogP contribution in [0.4, 0.5) is 10.6 Å². The molecule has 148 valence electrons. The normalized spacial score (nSPS) is 19.1. The fourth-order valence-corrected chi connectivity index (χ4v) is 4.23. The van der Waals surface area contributed by atoms with E-state index in [2.05, 4.69) is 39.5 Å². The molecule has 6 nitrogen and oxygen atoms in total. The number of pyridine rings is 1. The van der Waals surface area contributed by atoms with E-state index in [-0.39, 0.29) is 6.03 Å². The van der Waals surface area contributed by atoms with Crippen molar-refractivity contribution < 1.29 is 9.53 Å². The van der Waals surface area contributed by atoms with Crippen LogP contribution in [0.3, 0.4) is 0 Å². The first-order chi connectivity index (χ1) is 13.7. The van der Waals surface area contributed by atoms with Crippen molar-refractivity contribution in [3.63, 3.8) is 0 Å². The summed E-state index contributed by atoms with van der Waals surface area (Å²) >= 11 is 0. The van der Waals surface area contributed by atoms with Crippen LogP contribution in [0.5, 0.6) is 5.75 Å². The first-order valence-corrected chi connectivity index (χ1v) is 10.1. The summed E-state index contributed by atoms with van der Waals surface area (Å²) in [5.41, 5.74) is 2.84. The van der Waals surface area contributed by atoms with Crippen molar-refractivity contribution in [3.8, 4) is 5.75 Å². The molecule has 0 bridgehead atoms. The van der Waals surface area contributed by atoms with Crippen LogP contribution in [-0.4, -0.2) is 55.7 Å². The fourth-order valence-electron chi connectivity index (χ4n) is 4.23. The molecule has 6 heteroatoms. The van der Waals surface area contributed by atoms with Crippen molar-refractivity contribution in [2.75, 3.05) is 44.7 Å². The first kappa shape index (κ1) is 18.6. The van der Waals surface area contributed by atoms with Crippen LogP contribution in [0.2, 0.25) is 0 Å². The van der Waals surface area contributed by atoms with Crippen molar-refractivity contribution in [2.45, 2.75) is 25.2 Å². The second kappa shape index (κ2) is 8.50. The van der Waals surface area contributed by atoms with E-state index in [1.807, 2.05) is 17.0 Å². The topological polar surface area (TPSA) is 57.7 Å². The Labute approximate surface area is 166 Å². The van der Waals surface area contributed by atoms with Crippen LogP contribution >= 0.6 is 0 Å². The maximum Gasteiger partial charge on any atom is 0.317 e. The molecular formula is C22H28N4O2. The van der Waals surface area contributed by atoms with Gasteiger partial charge in [-0.1, -0.05) is 24.3 Å². The van der Waals surface area contributed by atoms with E-state index < -0.39 is 0 Å². The smallest absolute Gasteiger partial charge is 0.317 e. The molecule has 1 aliphatic carbocycles. The van der Waals surface area contributed by atoms with E-state index in [9.17, 15) is 4.79 Å². The minimum Gasteiger partial charge on any atom is -0.497 e. The highest BCUT2D eigenvalue weighted by Crippen LogP contribution is 2.30. The molecule has 0 spiro atoms. The number of rotatable bonds is 4. The van der Waals surface area contributed by atoms with Gasteiger partial charge < -0.3 is 19.9 Å². The van der Waals surface area contributed by atoms with Gasteiger partial charge in [-0.3, -0.25) is 0 Å². The van der Waals surface area contributed by atoms with Gasteiger partial charge in [-0.25, -0.2) is 9.78 Å². The van der Waals surface area contributed by atoms with Gasteiger partial charge in [-0.2, -0.15) is 0 Å². The number of amides is 2. The number of nitrogens with one attached hydrogen (secondary N) is 1. The third-order valence-electron chi connectivity index (χ3n) is 5.84. The molecule has 1 N–H and O–H groups in total. The Morgan fingerprint density at radius 1 is 1.21 bits per heavy atom. The molecule has 0 radical (unpaired) electrons. The van der Waals surface area contributed by atoms with Crippen molar-refractivity contribution in [1.82, 2.24) is 15.2 Å². The number of ether oxygens (including phenoxy) is 1. The lowest BCUT2D eigenvalue weighted by Crippen LogP contribution is -2.52. The summed E-state index contributed by atoms with van der Waals surface area (Å²) in [5.74, 6) is 2.13. The standard InChI is InChI=1S/C22H28N4O2/c1-28-19-9-10-23-21(15-19)25-11-13-26(14-12-25)22(27)24-16-18-7-4-6-17-5-2-3-8-20(17)18/h2-3,5,8-10,15,18H,4,6-7,11-14,16H2,1H3,(H,24,27)/t18-/m1/s1. The molecule has 1 fully saturated rings. The number of aryl methyl sites for hydroxylation is 1. The second-order valence-corrected chi connectivity index (χ2v) is 7.50. The Kier molecular flexibility index (Phi) is 5.65. The fraction of sp³-hybridized carbons (Fsp3) is 0.455. The number of methoxy groups -OCH3 is 1. The van der Waals surface area contributed by atoms with Crippen molar-refractivity contribution in [1.29, 1.82) is 0 Å². The predicted molar refractivity (Wildman–Crippen MR) is 110 cm³/mol. The van der Waals surface area contributed by atoms with Crippen molar-refractivity contribution in [2.24, 2.45) is 0 Å². The summed E-state index contributed by atoms with van der Waals surface area (Å²) < 4.78 is 5.28. The van der Waals surface area contributed by atoms with Gasteiger partial charge in [0, 0.05) is 50.9 Å². The van der Waals surface area contributed by atoms with Crippen molar-refractivity contribution >= 4 is 11.8 Å². The molecule has 2 amide bonds. The predicted octanol–water partition coefficient (Wildman–Crippen LogP) is 3.04. The number of hydrogen-bond acceptors (Lipinski definition) is 4. The van der Waals surface area contributed by atoms with Gasteiger partial charge in [-0.05, 0) is 36.5 Å². The molecule has 2 aliphatic rings. The molecule has 0 unspecified atom stereocenters. The summed E-state index contributed by atoms with van der Waals surface area (Å²) in [6, 6.07) is 12.5. The monoisotopic (exact) mass is 380 g/mol. The maximum absolute atomic E-state index is 12.7. The molecule has 1 aromatic heterocycles. The molecule has 2 aromatic rings. The number of nitrogens with zero attached hydrogens (tertiary/aromatic N) is 3. The van der Waals surface area contributed by atoms with Crippen LogP contribution in [0, 0.1) is 0 Å². The van der Waals surface area contributed by atoms with Crippen LogP contribution in [0.15, 0.2) is 42.6 Å². The van der Waals surface area contributed by atoms with Gasteiger partial charge in [0.1, 0.15) is 11.6 Å². The van der Waals surface area contributed by atoms with E-state index in [1.165, 1.54) is 17.5 Å². The van der Waals surface area contributed by atoms with Gasteiger partial charge in [0.05, 0.1) is 7.11 Å². The number of hydrogen-bond donors (Lipinski definition) is 1. The highest BCUT2D eigenvalue weighted by molar-refractivity contribution is 5.74. The lowest BCUT2D eigenvalue weighted by Gasteiger charge is -2.36. The summed E-state index contributed by atoms with van der Waals surface area (Å²) in [5, 5.41) is 3.17. The molecule has 1 aliphatic heterocycles. The van der Waals surface area contributed by atoms with E-state index >= 15 is 0 Å². The third kappa shape index (κ3) is 4.06. The Hall–Kier alpha value is -2.76. The summed E-state index contributed by atoms with van der Waals surface area (Å²) in [6.07, 6.45) is 5.26. The summed E-state index contributed by atoms with van der Waals surface area (Å²) in [4.78, 5) is 21.2. The summed E-state index contributed by atoms with van der Waals surface area (Å²) in [7, 11) is 1.66.